The molecule has 2 rings (SSSR count). The molecule has 0 bridgehead atoms. The van der Waals surface area contributed by atoms with Gasteiger partial charge >= 0.3 is 5.97 Å². The van der Waals surface area contributed by atoms with Gasteiger partial charge in [0, 0.05) is 21.7 Å². The molecule has 0 atom stereocenters. The van der Waals surface area contributed by atoms with Crippen LogP contribution in [0.15, 0.2) is 36.4 Å². The molecule has 0 saturated heterocycles. The monoisotopic (exact) mass is 351 g/mol. The topological polar surface area (TPSA) is 69.4 Å². The molecule has 0 aliphatic heterocycles. The molecule has 0 heterocycles. The molecule has 0 aromatic heterocycles. The van der Waals surface area contributed by atoms with Gasteiger partial charge in [-0.05, 0) is 30.3 Å². The summed E-state index contributed by atoms with van der Waals surface area (Å²) in [7, 11) is 1.21. The number of nitro benzene ring substituents is 1. The van der Waals surface area contributed by atoms with Crippen LogP contribution in [-0.2, 0) is 4.74 Å². The minimum atomic E-state index is -0.641. The average molecular weight is 352 g/mol. The second-order valence-electron chi connectivity index (χ2n) is 4.49. The van der Waals surface area contributed by atoms with Gasteiger partial charge < -0.3 is 4.74 Å². The van der Waals surface area contributed by atoms with Crippen LogP contribution >= 0.6 is 23.2 Å². The van der Waals surface area contributed by atoms with Gasteiger partial charge in [0.15, 0.2) is 0 Å². The molecule has 0 amide bonds. The van der Waals surface area contributed by atoms with Crippen LogP contribution in [0.5, 0.6) is 0 Å². The second kappa shape index (κ2) is 7.26. The molecule has 2 aromatic carbocycles. The maximum Gasteiger partial charge on any atom is 0.338 e. The maximum atomic E-state index is 11.5. The molecule has 2 aromatic rings. The summed E-state index contributed by atoms with van der Waals surface area (Å²) in [5.74, 6) is -0.641. The molecule has 0 aliphatic carbocycles. The number of rotatable bonds is 4. The summed E-state index contributed by atoms with van der Waals surface area (Å²) in [4.78, 5) is 22.1. The van der Waals surface area contributed by atoms with Crippen LogP contribution in [0.2, 0.25) is 10.0 Å². The van der Waals surface area contributed by atoms with E-state index >= 15 is 0 Å². The van der Waals surface area contributed by atoms with Crippen LogP contribution in [-0.4, -0.2) is 18.0 Å². The van der Waals surface area contributed by atoms with E-state index in [-0.39, 0.29) is 11.3 Å². The Morgan fingerprint density at radius 1 is 1.17 bits per heavy atom. The Kier molecular flexibility index (Phi) is 5.36. The molecule has 7 heteroatoms. The Morgan fingerprint density at radius 3 is 2.39 bits per heavy atom. The van der Waals surface area contributed by atoms with Gasteiger partial charge in [-0.15, -0.1) is 0 Å². The SMILES string of the molecule is COC(=O)c1ccc(C=Cc2c(Cl)cccc2Cl)c([N+](=O)[O-])c1. The van der Waals surface area contributed by atoms with E-state index in [1.165, 1.54) is 31.4 Å². The fourth-order valence-corrected chi connectivity index (χ4v) is 2.45. The van der Waals surface area contributed by atoms with Gasteiger partial charge in [0.2, 0.25) is 0 Å². The van der Waals surface area contributed by atoms with E-state index in [0.29, 0.717) is 21.2 Å². The van der Waals surface area contributed by atoms with Gasteiger partial charge in [0.1, 0.15) is 0 Å². The zero-order valence-corrected chi connectivity index (χ0v) is 13.5. The fourth-order valence-electron chi connectivity index (χ4n) is 1.93. The summed E-state index contributed by atoms with van der Waals surface area (Å²) in [5.41, 5.74) is 0.764. The van der Waals surface area contributed by atoms with Crippen molar-refractivity contribution in [2.75, 3.05) is 7.11 Å². The highest BCUT2D eigenvalue weighted by Crippen LogP contribution is 2.28. The zero-order chi connectivity index (χ0) is 17.0. The molecule has 0 unspecified atom stereocenters. The van der Waals surface area contributed by atoms with Gasteiger partial charge in [0.05, 0.1) is 23.2 Å². The van der Waals surface area contributed by atoms with Crippen molar-refractivity contribution >= 4 is 47.0 Å². The minimum absolute atomic E-state index is 0.104. The first-order valence-corrected chi connectivity index (χ1v) is 7.18. The number of carbonyl (C=O) groups is 1. The summed E-state index contributed by atoms with van der Waals surface area (Å²) in [6.07, 6.45) is 3.11. The molecular formula is C16H11Cl2NO4. The summed E-state index contributed by atoms with van der Waals surface area (Å²) in [6, 6.07) is 9.12. The molecule has 0 aliphatic rings. The van der Waals surface area contributed by atoms with Crippen molar-refractivity contribution in [3.05, 3.63) is 73.2 Å². The number of ether oxygens (including phenoxy) is 1. The molecule has 0 N–H and O–H groups in total. The number of methoxy groups -OCH3 is 1. The van der Waals surface area contributed by atoms with Crippen molar-refractivity contribution in [3.8, 4) is 0 Å². The van der Waals surface area contributed by atoms with E-state index in [9.17, 15) is 14.9 Å². The minimum Gasteiger partial charge on any atom is -0.465 e. The van der Waals surface area contributed by atoms with Crippen LogP contribution in [0.1, 0.15) is 21.5 Å². The van der Waals surface area contributed by atoms with Crippen molar-refractivity contribution in [3.63, 3.8) is 0 Å². The average Bonchev–Trinajstić information content (AvgIpc) is 2.53. The molecule has 0 spiro atoms. The van der Waals surface area contributed by atoms with Crippen LogP contribution in [0, 0.1) is 10.1 Å². The van der Waals surface area contributed by atoms with E-state index in [4.69, 9.17) is 23.2 Å². The molecule has 5 nitrogen and oxygen atoms in total. The number of halogens is 2. The fraction of sp³-hybridized carbons (Fsp3) is 0.0625. The van der Waals surface area contributed by atoms with Crippen LogP contribution in [0.4, 0.5) is 5.69 Å². The van der Waals surface area contributed by atoms with E-state index < -0.39 is 10.9 Å². The number of nitrogens with zero attached hydrogens (tertiary/aromatic N) is 1. The lowest BCUT2D eigenvalue weighted by atomic mass is 10.1. The van der Waals surface area contributed by atoms with Crippen molar-refractivity contribution in [1.29, 1.82) is 0 Å². The third-order valence-electron chi connectivity index (χ3n) is 3.08. The predicted octanol–water partition coefficient (Wildman–Crippen LogP) is 4.86. The molecule has 0 saturated carbocycles. The summed E-state index contributed by atoms with van der Waals surface area (Å²) in [5, 5.41) is 12.1. The first-order chi connectivity index (χ1) is 10.9. The van der Waals surface area contributed by atoms with Gasteiger partial charge in [-0.3, -0.25) is 10.1 Å². The summed E-state index contributed by atoms with van der Waals surface area (Å²) < 4.78 is 4.56. The van der Waals surface area contributed by atoms with Gasteiger partial charge in [-0.1, -0.05) is 35.3 Å². The van der Waals surface area contributed by atoms with Crippen LogP contribution in [0.3, 0.4) is 0 Å². The second-order valence-corrected chi connectivity index (χ2v) is 5.31. The van der Waals surface area contributed by atoms with Crippen LogP contribution < -0.4 is 0 Å². The van der Waals surface area contributed by atoms with Crippen molar-refractivity contribution in [1.82, 2.24) is 0 Å². The number of benzene rings is 2. The van der Waals surface area contributed by atoms with Crippen molar-refractivity contribution < 1.29 is 14.5 Å². The zero-order valence-electron chi connectivity index (χ0n) is 12.0. The highest BCUT2D eigenvalue weighted by Gasteiger charge is 2.16. The number of nitro groups is 1. The van der Waals surface area contributed by atoms with Gasteiger partial charge in [-0.2, -0.15) is 0 Å². The Labute approximate surface area is 142 Å². The molecule has 0 fully saturated rings. The van der Waals surface area contributed by atoms with E-state index in [0.717, 1.165) is 0 Å². The smallest absolute Gasteiger partial charge is 0.338 e. The standard InChI is InChI=1S/C16H11Cl2NO4/c1-23-16(20)11-6-5-10(15(9-11)19(21)22)7-8-12-13(17)3-2-4-14(12)18/h2-9H,1H3. The summed E-state index contributed by atoms with van der Waals surface area (Å²) >= 11 is 12.1. The lowest BCUT2D eigenvalue weighted by Gasteiger charge is -2.03. The Balaban J connectivity index is 2.45. The highest BCUT2D eigenvalue weighted by atomic mass is 35.5. The first-order valence-electron chi connectivity index (χ1n) is 6.43. The third kappa shape index (κ3) is 3.88. The quantitative estimate of drug-likeness (QED) is 0.341. The Morgan fingerprint density at radius 2 is 1.83 bits per heavy atom. The van der Waals surface area contributed by atoms with Crippen molar-refractivity contribution in [2.24, 2.45) is 0 Å². The van der Waals surface area contributed by atoms with E-state index in [2.05, 4.69) is 4.74 Å². The number of carbonyl (C=O) groups excluding carboxylic acids is 1. The normalized spacial score (nSPS) is 10.7. The Bertz CT molecular complexity index is 782. The first kappa shape index (κ1) is 17.0. The number of hydrogen-bond acceptors (Lipinski definition) is 4. The largest absolute Gasteiger partial charge is 0.465 e. The highest BCUT2D eigenvalue weighted by molar-refractivity contribution is 6.37. The maximum absolute atomic E-state index is 11.5. The van der Waals surface area contributed by atoms with Crippen molar-refractivity contribution in [2.45, 2.75) is 0 Å². The predicted molar refractivity (Wildman–Crippen MR) is 89.8 cm³/mol. The molecular weight excluding hydrogens is 341 g/mol. The van der Waals surface area contributed by atoms with E-state index in [1.807, 2.05) is 0 Å². The number of esters is 1. The van der Waals surface area contributed by atoms with Crippen LogP contribution in [0.25, 0.3) is 12.2 Å². The molecule has 23 heavy (non-hydrogen) atoms. The summed E-state index contributed by atoms with van der Waals surface area (Å²) in [6.45, 7) is 0. The number of hydrogen-bond donors (Lipinski definition) is 0. The third-order valence-corrected chi connectivity index (χ3v) is 3.74. The lowest BCUT2D eigenvalue weighted by Crippen LogP contribution is -2.02. The molecule has 118 valence electrons. The Hall–Kier alpha value is -2.37. The van der Waals surface area contributed by atoms with Gasteiger partial charge in [0.25, 0.3) is 5.69 Å². The van der Waals surface area contributed by atoms with E-state index in [1.54, 1.807) is 24.3 Å². The molecule has 0 radical (unpaired) electrons. The lowest BCUT2D eigenvalue weighted by molar-refractivity contribution is -0.385. The van der Waals surface area contributed by atoms with Gasteiger partial charge in [-0.25, -0.2) is 4.79 Å².